The van der Waals surface area contributed by atoms with E-state index in [1.54, 1.807) is 31.5 Å². The molecule has 45 heavy (non-hydrogen) atoms. The number of aromatic hydroxyl groups is 1. The normalized spacial score (nSPS) is 11.9. The van der Waals surface area contributed by atoms with Crippen molar-refractivity contribution in [3.8, 4) is 22.8 Å². The molecule has 2 aromatic carbocycles. The van der Waals surface area contributed by atoms with Crippen LogP contribution >= 0.6 is 0 Å². The number of aliphatic carboxylic acids is 1. The van der Waals surface area contributed by atoms with Crippen LogP contribution in [0.25, 0.3) is 22.2 Å². The van der Waals surface area contributed by atoms with Crippen LogP contribution in [-0.2, 0) is 20.8 Å². The third-order valence-corrected chi connectivity index (χ3v) is 7.17. The van der Waals surface area contributed by atoms with E-state index in [4.69, 9.17) is 14.6 Å². The zero-order chi connectivity index (χ0) is 33.1. The van der Waals surface area contributed by atoms with Gasteiger partial charge in [-0.05, 0) is 55.7 Å². The summed E-state index contributed by atoms with van der Waals surface area (Å²) >= 11 is 0. The lowest BCUT2D eigenvalue weighted by Gasteiger charge is -2.17. The summed E-state index contributed by atoms with van der Waals surface area (Å²) in [5.74, 6) is -0.990. The number of hydrogen-bond acceptors (Lipinski definition) is 6. The molecule has 13 heteroatoms. The predicted octanol–water partition coefficient (Wildman–Crippen LogP) is 6.54. The van der Waals surface area contributed by atoms with Crippen molar-refractivity contribution in [2.45, 2.75) is 71.0 Å². The van der Waals surface area contributed by atoms with Gasteiger partial charge < -0.3 is 30.2 Å². The van der Waals surface area contributed by atoms with Gasteiger partial charge in [-0.15, -0.1) is 0 Å². The molecule has 4 aromatic rings. The summed E-state index contributed by atoms with van der Waals surface area (Å²) in [5.41, 5.74) is 4.43. The van der Waals surface area contributed by atoms with Crippen molar-refractivity contribution in [3.63, 3.8) is 0 Å². The average molecular weight is 631 g/mol. The number of carbonyl (C=O) groups is 3. The number of methoxy groups -OCH3 is 1. The number of fused-ring (bicyclic) bond motifs is 1. The first-order valence-electron chi connectivity index (χ1n) is 14.4. The third-order valence-electron chi connectivity index (χ3n) is 7.17. The Labute approximate surface area is 258 Å². The number of imidazole rings is 1. The maximum absolute atomic E-state index is 13.3. The predicted molar refractivity (Wildman–Crippen MR) is 162 cm³/mol. The zero-order valence-corrected chi connectivity index (χ0v) is 25.3. The highest BCUT2D eigenvalue weighted by molar-refractivity contribution is 5.91. The molecular weight excluding hydrogens is 593 g/mol. The fraction of sp³-hybridized carbons (Fsp3) is 0.375. The number of hydrogen-bond donors (Lipinski definition) is 5. The number of nitrogens with zero attached hydrogens (tertiary/aromatic N) is 1. The summed E-state index contributed by atoms with van der Waals surface area (Å²) in [6.45, 7) is 3.86. The van der Waals surface area contributed by atoms with E-state index in [1.807, 2.05) is 38.1 Å². The van der Waals surface area contributed by atoms with Gasteiger partial charge in [0.15, 0.2) is 0 Å². The topological polar surface area (TPSA) is 157 Å². The Balaban J connectivity index is 0.000000707. The van der Waals surface area contributed by atoms with E-state index in [0.717, 1.165) is 58.4 Å². The number of nitrogens with one attached hydrogen (secondary N) is 3. The smallest absolute Gasteiger partial charge is 0.490 e. The van der Waals surface area contributed by atoms with E-state index in [9.17, 15) is 27.9 Å². The number of ketones is 1. The quantitative estimate of drug-likeness (QED) is 0.105. The zero-order valence-electron chi connectivity index (χ0n) is 25.3. The number of Topliss-reactive ketones (excluding diaryl/α,β-unsaturated/α-hetero) is 1. The minimum Gasteiger partial charge on any atom is -0.508 e. The first-order chi connectivity index (χ1) is 21.3. The number of aromatic nitrogens is 3. The lowest BCUT2D eigenvalue weighted by molar-refractivity contribution is -0.192. The molecule has 242 valence electrons. The van der Waals surface area contributed by atoms with Crippen LogP contribution in [0.2, 0.25) is 0 Å². The van der Waals surface area contributed by atoms with Crippen molar-refractivity contribution in [1.82, 2.24) is 20.3 Å². The van der Waals surface area contributed by atoms with Crippen molar-refractivity contribution in [1.29, 1.82) is 0 Å². The van der Waals surface area contributed by atoms with Gasteiger partial charge in [-0.25, -0.2) is 9.78 Å². The average Bonchev–Trinajstić information content (AvgIpc) is 3.60. The van der Waals surface area contributed by atoms with Crippen LogP contribution in [-0.4, -0.2) is 56.1 Å². The molecule has 4 rings (SSSR count). The molecule has 0 radical (unpaired) electrons. The SMILES string of the molecule is CCC(=O)CCCCC[C@H](NC(=O)Cc1c(C)[nH]c2ccc(OC)cc12)c1ncc(-c2cccc(O)c2)[nH]1.O=C(O)C(F)(F)F. The second kappa shape index (κ2) is 15.8. The molecule has 1 atom stereocenters. The van der Waals surface area contributed by atoms with Crippen LogP contribution in [0, 0.1) is 6.92 Å². The van der Waals surface area contributed by atoms with Crippen LogP contribution in [0.5, 0.6) is 11.5 Å². The van der Waals surface area contributed by atoms with Gasteiger partial charge in [-0.2, -0.15) is 13.2 Å². The third kappa shape index (κ3) is 10.1. The van der Waals surface area contributed by atoms with E-state index in [1.165, 1.54) is 0 Å². The van der Waals surface area contributed by atoms with E-state index in [0.29, 0.717) is 25.1 Å². The van der Waals surface area contributed by atoms with Gasteiger partial charge in [-0.1, -0.05) is 31.9 Å². The highest BCUT2D eigenvalue weighted by atomic mass is 19.4. The monoisotopic (exact) mass is 630 g/mol. The van der Waals surface area contributed by atoms with Gasteiger partial charge in [-0.3, -0.25) is 9.59 Å². The first-order valence-corrected chi connectivity index (χ1v) is 14.4. The van der Waals surface area contributed by atoms with Crippen molar-refractivity contribution in [2.75, 3.05) is 7.11 Å². The van der Waals surface area contributed by atoms with Gasteiger partial charge >= 0.3 is 12.1 Å². The summed E-state index contributed by atoms with van der Waals surface area (Å²) in [4.78, 5) is 45.1. The number of phenols is 1. The van der Waals surface area contributed by atoms with E-state index >= 15 is 0 Å². The first kappa shape index (κ1) is 34.7. The minimum absolute atomic E-state index is 0.0988. The number of carboxylic acids is 1. The maximum Gasteiger partial charge on any atom is 0.490 e. The number of benzene rings is 2. The standard InChI is InChI=1S/C30H36N4O4.C2HF3O2/c1-4-21(35)10-6-5-7-12-27(30-31-18-28(34-30)20-9-8-11-22(36)15-20)33-29(37)17-24-19(2)32-26-14-13-23(38-3)16-25(24)26;3-2(4,5)1(6)7/h8-9,11,13-16,18,27,32,36H,4-7,10,12,17H2,1-3H3,(H,31,34)(H,33,37);(H,6,7)/t27-;/m0./s1. The number of alkyl halides is 3. The lowest BCUT2D eigenvalue weighted by Crippen LogP contribution is -2.30. The molecule has 0 aliphatic rings. The molecule has 10 nitrogen and oxygen atoms in total. The summed E-state index contributed by atoms with van der Waals surface area (Å²) in [6, 6.07) is 12.5. The maximum atomic E-state index is 13.3. The Hall–Kier alpha value is -4.81. The van der Waals surface area contributed by atoms with Crippen LogP contribution in [0.15, 0.2) is 48.7 Å². The van der Waals surface area contributed by atoms with Crippen molar-refractivity contribution in [3.05, 3.63) is 65.7 Å². The minimum atomic E-state index is -5.08. The highest BCUT2D eigenvalue weighted by Gasteiger charge is 2.38. The fourth-order valence-electron chi connectivity index (χ4n) is 4.76. The van der Waals surface area contributed by atoms with Crippen molar-refractivity contribution >= 4 is 28.6 Å². The Morgan fingerprint density at radius 2 is 1.80 bits per heavy atom. The number of unbranched alkanes of at least 4 members (excludes halogenated alkanes) is 2. The van der Waals surface area contributed by atoms with Gasteiger partial charge in [0, 0.05) is 35.0 Å². The van der Waals surface area contributed by atoms with Crippen LogP contribution < -0.4 is 10.1 Å². The van der Waals surface area contributed by atoms with Crippen molar-refractivity contribution in [2.24, 2.45) is 0 Å². The molecule has 0 saturated heterocycles. The number of H-pyrrole nitrogens is 2. The molecule has 0 aliphatic carbocycles. The molecular formula is C32H37F3N4O6. The summed E-state index contributed by atoms with van der Waals surface area (Å²) < 4.78 is 37.1. The number of rotatable bonds is 13. The number of carboxylic acid groups (broad SMARTS) is 1. The molecule has 0 unspecified atom stereocenters. The summed E-state index contributed by atoms with van der Waals surface area (Å²) in [7, 11) is 1.63. The number of carbonyl (C=O) groups excluding carboxylic acids is 2. The second-order valence-electron chi connectivity index (χ2n) is 10.5. The number of aryl methyl sites for hydroxylation is 1. The lowest BCUT2D eigenvalue weighted by atomic mass is 10.0. The molecule has 0 saturated carbocycles. The Morgan fingerprint density at radius 3 is 2.44 bits per heavy atom. The van der Waals surface area contributed by atoms with E-state index in [2.05, 4.69) is 20.3 Å². The Kier molecular flexibility index (Phi) is 12.2. The van der Waals surface area contributed by atoms with Crippen LogP contribution in [0.4, 0.5) is 13.2 Å². The largest absolute Gasteiger partial charge is 0.508 e. The van der Waals surface area contributed by atoms with Crippen LogP contribution in [0.1, 0.15) is 68.6 Å². The van der Waals surface area contributed by atoms with Crippen molar-refractivity contribution < 1.29 is 42.5 Å². The fourth-order valence-corrected chi connectivity index (χ4v) is 4.76. The second-order valence-corrected chi connectivity index (χ2v) is 10.5. The number of aromatic amines is 2. The van der Waals surface area contributed by atoms with Gasteiger partial charge in [0.1, 0.15) is 23.1 Å². The van der Waals surface area contributed by atoms with E-state index < -0.39 is 12.1 Å². The molecule has 2 heterocycles. The number of ether oxygens (including phenoxy) is 1. The summed E-state index contributed by atoms with van der Waals surface area (Å²) in [6.07, 6.45) is 1.32. The highest BCUT2D eigenvalue weighted by Crippen LogP contribution is 2.28. The van der Waals surface area contributed by atoms with Gasteiger partial charge in [0.05, 0.1) is 31.5 Å². The number of halogens is 3. The van der Waals surface area contributed by atoms with E-state index in [-0.39, 0.29) is 29.9 Å². The number of amides is 1. The van der Waals surface area contributed by atoms with Gasteiger partial charge in [0.2, 0.25) is 5.91 Å². The molecule has 0 spiro atoms. The molecule has 0 bridgehead atoms. The van der Waals surface area contributed by atoms with Gasteiger partial charge in [0.25, 0.3) is 0 Å². The Bertz CT molecular complexity index is 1610. The molecule has 5 N–H and O–H groups in total. The molecule has 1 amide bonds. The molecule has 0 aliphatic heterocycles. The molecule has 2 aromatic heterocycles. The van der Waals surface area contributed by atoms with Crippen LogP contribution in [0.3, 0.4) is 0 Å². The number of phenolic OH excluding ortho intramolecular Hbond substituents is 1. The Morgan fingerprint density at radius 1 is 1.07 bits per heavy atom. The summed E-state index contributed by atoms with van der Waals surface area (Å²) in [5, 5.41) is 21.1. The molecule has 0 fully saturated rings.